The third kappa shape index (κ3) is 3.14. The Kier molecular flexibility index (Phi) is 4.31. The molecule has 2 aliphatic rings. The van der Waals surface area contributed by atoms with Crippen molar-refractivity contribution in [2.24, 2.45) is 0 Å². The molecule has 138 valence electrons. The zero-order chi connectivity index (χ0) is 18.3. The molecular formula is C20H22F3N3. The second-order valence-corrected chi connectivity index (χ2v) is 7.11. The lowest BCUT2D eigenvalue weighted by molar-refractivity contribution is -0.136. The molecule has 3 atom stereocenters. The lowest BCUT2D eigenvalue weighted by Gasteiger charge is -2.26. The van der Waals surface area contributed by atoms with Crippen molar-refractivity contribution in [2.75, 3.05) is 23.7 Å². The van der Waals surface area contributed by atoms with Crippen LogP contribution in [0, 0.1) is 0 Å². The van der Waals surface area contributed by atoms with E-state index in [1.807, 2.05) is 43.3 Å². The molecule has 2 aliphatic heterocycles. The Labute approximate surface area is 151 Å². The summed E-state index contributed by atoms with van der Waals surface area (Å²) in [6, 6.07) is 12.8. The Morgan fingerprint density at radius 2 is 1.92 bits per heavy atom. The zero-order valence-corrected chi connectivity index (χ0v) is 14.5. The standard InChI is InChI=1S/C20H22F3N3/c1-12(13-5-3-2-4-6-13)25-14-9-15-16-11-24-8-7-18(16)26-19(15)17(10-14)20(21,22)23/h2-6,9-10,12,16,18,24-26H,7-8,11H2,1H3/t12?,16-,18?/m0/s1. The smallest absolute Gasteiger partial charge is 0.381 e. The van der Waals surface area contributed by atoms with Gasteiger partial charge in [-0.2, -0.15) is 13.2 Å². The second-order valence-electron chi connectivity index (χ2n) is 7.11. The fourth-order valence-electron chi connectivity index (χ4n) is 4.04. The molecule has 2 heterocycles. The van der Waals surface area contributed by atoms with Gasteiger partial charge in [0.1, 0.15) is 0 Å². The van der Waals surface area contributed by atoms with Crippen molar-refractivity contribution in [1.82, 2.24) is 5.32 Å². The number of piperidine rings is 1. The summed E-state index contributed by atoms with van der Waals surface area (Å²) in [5.74, 6) is 0.0774. The van der Waals surface area contributed by atoms with Crippen LogP contribution < -0.4 is 16.0 Å². The summed E-state index contributed by atoms with van der Waals surface area (Å²) in [5.41, 5.74) is 2.00. The van der Waals surface area contributed by atoms with Crippen molar-refractivity contribution < 1.29 is 13.2 Å². The highest BCUT2D eigenvalue weighted by atomic mass is 19.4. The van der Waals surface area contributed by atoms with Crippen molar-refractivity contribution in [2.45, 2.75) is 37.5 Å². The number of nitrogens with one attached hydrogen (secondary N) is 3. The lowest BCUT2D eigenvalue weighted by atomic mass is 9.89. The Balaban J connectivity index is 1.71. The Morgan fingerprint density at radius 3 is 2.65 bits per heavy atom. The number of fused-ring (bicyclic) bond motifs is 3. The van der Waals surface area contributed by atoms with Gasteiger partial charge in [0.2, 0.25) is 0 Å². The Bertz CT molecular complexity index is 789. The summed E-state index contributed by atoms with van der Waals surface area (Å²) < 4.78 is 41.0. The van der Waals surface area contributed by atoms with Crippen molar-refractivity contribution >= 4 is 11.4 Å². The molecule has 1 saturated heterocycles. The molecule has 2 aromatic carbocycles. The van der Waals surface area contributed by atoms with Crippen LogP contribution in [0.5, 0.6) is 0 Å². The van der Waals surface area contributed by atoms with Crippen LogP contribution in [0.1, 0.15) is 42.0 Å². The highest BCUT2D eigenvalue weighted by Crippen LogP contribution is 2.47. The molecule has 2 aromatic rings. The van der Waals surface area contributed by atoms with Gasteiger partial charge in [0.15, 0.2) is 0 Å². The van der Waals surface area contributed by atoms with E-state index in [2.05, 4.69) is 16.0 Å². The largest absolute Gasteiger partial charge is 0.418 e. The van der Waals surface area contributed by atoms with E-state index in [1.54, 1.807) is 0 Å². The van der Waals surface area contributed by atoms with Crippen LogP contribution in [0.25, 0.3) is 0 Å². The lowest BCUT2D eigenvalue weighted by Crippen LogP contribution is -2.38. The van der Waals surface area contributed by atoms with Gasteiger partial charge in [-0.1, -0.05) is 30.3 Å². The Hall–Kier alpha value is -2.21. The van der Waals surface area contributed by atoms with E-state index < -0.39 is 11.7 Å². The summed E-state index contributed by atoms with van der Waals surface area (Å²) in [5, 5.41) is 9.68. The summed E-state index contributed by atoms with van der Waals surface area (Å²) in [6.45, 7) is 3.50. The highest BCUT2D eigenvalue weighted by molar-refractivity contribution is 5.71. The van der Waals surface area contributed by atoms with Crippen LogP contribution in [0.2, 0.25) is 0 Å². The second kappa shape index (κ2) is 6.50. The summed E-state index contributed by atoms with van der Waals surface area (Å²) in [6.07, 6.45) is -3.55. The first-order chi connectivity index (χ1) is 12.4. The van der Waals surface area contributed by atoms with E-state index in [1.165, 1.54) is 6.07 Å². The molecule has 0 amide bonds. The highest BCUT2D eigenvalue weighted by Gasteiger charge is 2.42. The van der Waals surface area contributed by atoms with Crippen molar-refractivity contribution in [1.29, 1.82) is 0 Å². The van der Waals surface area contributed by atoms with Crippen molar-refractivity contribution in [3.8, 4) is 0 Å². The average Bonchev–Trinajstić information content (AvgIpc) is 2.99. The van der Waals surface area contributed by atoms with Crippen LogP contribution in [0.4, 0.5) is 24.5 Å². The summed E-state index contributed by atoms with van der Waals surface area (Å²) >= 11 is 0. The summed E-state index contributed by atoms with van der Waals surface area (Å²) in [4.78, 5) is 0. The predicted molar refractivity (Wildman–Crippen MR) is 97.6 cm³/mol. The van der Waals surface area contributed by atoms with Gasteiger partial charge < -0.3 is 16.0 Å². The van der Waals surface area contributed by atoms with Gasteiger partial charge >= 0.3 is 6.18 Å². The number of halogens is 3. The fraction of sp³-hybridized carbons (Fsp3) is 0.400. The SMILES string of the molecule is CC(Nc1cc2c(c(C(F)(F)F)c1)NC1CCNC[C@@H]21)c1ccccc1. The third-order valence-electron chi connectivity index (χ3n) is 5.37. The van der Waals surface area contributed by atoms with Crippen LogP contribution in [0.15, 0.2) is 42.5 Å². The predicted octanol–water partition coefficient (Wildman–Crippen LogP) is 4.75. The minimum atomic E-state index is -4.38. The number of anilines is 2. The van der Waals surface area contributed by atoms with Gasteiger partial charge in [0.05, 0.1) is 11.3 Å². The number of benzene rings is 2. The fourth-order valence-corrected chi connectivity index (χ4v) is 4.04. The molecule has 0 saturated carbocycles. The van der Waals surface area contributed by atoms with Gasteiger partial charge in [-0.3, -0.25) is 0 Å². The molecule has 3 nitrogen and oxygen atoms in total. The average molecular weight is 361 g/mol. The molecule has 0 radical (unpaired) electrons. The van der Waals surface area contributed by atoms with E-state index in [0.29, 0.717) is 12.2 Å². The van der Waals surface area contributed by atoms with E-state index >= 15 is 0 Å². The Morgan fingerprint density at radius 1 is 1.15 bits per heavy atom. The van der Waals surface area contributed by atoms with Gasteiger partial charge in [0, 0.05) is 30.2 Å². The number of hydrogen-bond acceptors (Lipinski definition) is 3. The third-order valence-corrected chi connectivity index (χ3v) is 5.37. The maximum Gasteiger partial charge on any atom is 0.418 e. The van der Waals surface area contributed by atoms with Crippen LogP contribution in [0.3, 0.4) is 0 Å². The quantitative estimate of drug-likeness (QED) is 0.738. The molecule has 0 bridgehead atoms. The minimum Gasteiger partial charge on any atom is -0.381 e. The number of hydrogen-bond donors (Lipinski definition) is 3. The first-order valence-corrected chi connectivity index (χ1v) is 8.97. The molecule has 26 heavy (non-hydrogen) atoms. The van der Waals surface area contributed by atoms with E-state index in [9.17, 15) is 13.2 Å². The van der Waals surface area contributed by atoms with Crippen LogP contribution >= 0.6 is 0 Å². The molecule has 0 aliphatic carbocycles. The van der Waals surface area contributed by atoms with E-state index in [-0.39, 0.29) is 23.7 Å². The van der Waals surface area contributed by atoms with Gasteiger partial charge in [0.25, 0.3) is 0 Å². The monoisotopic (exact) mass is 361 g/mol. The molecule has 4 rings (SSSR count). The molecule has 2 unspecified atom stereocenters. The van der Waals surface area contributed by atoms with Crippen LogP contribution in [-0.4, -0.2) is 19.1 Å². The van der Waals surface area contributed by atoms with Gasteiger partial charge in [-0.05, 0) is 43.1 Å². The molecule has 3 N–H and O–H groups in total. The molecule has 0 aromatic heterocycles. The van der Waals surface area contributed by atoms with Crippen LogP contribution in [-0.2, 0) is 6.18 Å². The minimum absolute atomic E-state index is 0.0774. The number of alkyl halides is 3. The molecule has 6 heteroatoms. The number of rotatable bonds is 3. The van der Waals surface area contributed by atoms with Crippen molar-refractivity contribution in [3.05, 3.63) is 59.2 Å². The van der Waals surface area contributed by atoms with Gasteiger partial charge in [-0.25, -0.2) is 0 Å². The van der Waals surface area contributed by atoms with Gasteiger partial charge in [-0.15, -0.1) is 0 Å². The molecular weight excluding hydrogens is 339 g/mol. The van der Waals surface area contributed by atoms with E-state index in [4.69, 9.17) is 0 Å². The van der Waals surface area contributed by atoms with E-state index in [0.717, 1.165) is 24.1 Å². The zero-order valence-electron chi connectivity index (χ0n) is 14.5. The normalized spacial score (nSPS) is 22.9. The maximum atomic E-state index is 13.7. The molecule has 1 fully saturated rings. The summed E-state index contributed by atoms with van der Waals surface area (Å²) in [7, 11) is 0. The molecule has 0 spiro atoms. The van der Waals surface area contributed by atoms with Crippen molar-refractivity contribution in [3.63, 3.8) is 0 Å². The topological polar surface area (TPSA) is 36.1 Å². The maximum absolute atomic E-state index is 13.7. The first-order valence-electron chi connectivity index (χ1n) is 8.97. The first kappa shape index (κ1) is 17.2.